The highest BCUT2D eigenvalue weighted by Crippen LogP contribution is 1.79. The van der Waals surface area contributed by atoms with Gasteiger partial charge in [0.1, 0.15) is 5.71 Å². The van der Waals surface area contributed by atoms with Crippen LogP contribution in [0, 0.1) is 0 Å². The third-order valence-corrected chi connectivity index (χ3v) is 0.825. The van der Waals surface area contributed by atoms with Gasteiger partial charge in [0.2, 0.25) is 5.96 Å². The number of rotatable bonds is 2. The van der Waals surface area contributed by atoms with Gasteiger partial charge in [-0.2, -0.15) is 0 Å². The van der Waals surface area contributed by atoms with Crippen molar-refractivity contribution in [2.45, 2.75) is 13.8 Å². The lowest BCUT2D eigenvalue weighted by Crippen LogP contribution is -2.22. The molecule has 0 bridgehead atoms. The molecule has 0 amide bonds. The third kappa shape index (κ3) is 3.59. The second-order valence-corrected chi connectivity index (χ2v) is 1.77. The van der Waals surface area contributed by atoms with Gasteiger partial charge in [0.15, 0.2) is 5.78 Å². The molecule has 0 heterocycles. The van der Waals surface area contributed by atoms with E-state index in [4.69, 9.17) is 11.5 Å². The van der Waals surface area contributed by atoms with Crippen molar-refractivity contribution < 1.29 is 4.79 Å². The molecule has 0 radical (unpaired) electrons. The normalized spacial score (nSPS) is 10.8. The predicted octanol–water partition coefficient (Wildman–Crippen LogP) is -0.775. The molecule has 0 aromatic rings. The maximum absolute atomic E-state index is 10.5. The molecule has 0 atom stereocenters. The topological polar surface area (TPSA) is 93.8 Å². The first-order chi connectivity index (χ1) is 4.54. The summed E-state index contributed by atoms with van der Waals surface area (Å²) < 4.78 is 0. The molecule has 0 aromatic carbocycles. The fraction of sp³-hybridized carbons (Fsp3) is 0.400. The zero-order chi connectivity index (χ0) is 8.15. The number of nitrogens with zero attached hydrogens (tertiary/aromatic N) is 2. The summed E-state index contributed by atoms with van der Waals surface area (Å²) in [4.78, 5) is 10.5. The number of guanidine groups is 1. The summed E-state index contributed by atoms with van der Waals surface area (Å²) in [6, 6.07) is 0. The van der Waals surface area contributed by atoms with Crippen LogP contribution in [0.4, 0.5) is 0 Å². The van der Waals surface area contributed by atoms with Crippen LogP contribution in [0.15, 0.2) is 10.2 Å². The summed E-state index contributed by atoms with van der Waals surface area (Å²) in [5.74, 6) is -0.300. The summed E-state index contributed by atoms with van der Waals surface area (Å²) in [6.07, 6.45) is 0. The second-order valence-electron chi connectivity index (χ2n) is 1.77. The van der Waals surface area contributed by atoms with E-state index in [0.717, 1.165) is 0 Å². The Morgan fingerprint density at radius 1 is 1.20 bits per heavy atom. The predicted molar refractivity (Wildman–Crippen MR) is 39.6 cm³/mol. The maximum Gasteiger partial charge on any atom is 0.211 e. The van der Waals surface area contributed by atoms with Gasteiger partial charge in [-0.15, -0.1) is 10.2 Å². The molecule has 0 aliphatic rings. The average molecular weight is 142 g/mol. The lowest BCUT2D eigenvalue weighted by molar-refractivity contribution is -0.111. The Balaban J connectivity index is 4.19. The van der Waals surface area contributed by atoms with Gasteiger partial charge < -0.3 is 11.5 Å². The Kier molecular flexibility index (Phi) is 3.10. The van der Waals surface area contributed by atoms with Crippen LogP contribution in [-0.2, 0) is 4.79 Å². The first-order valence-electron chi connectivity index (χ1n) is 2.68. The maximum atomic E-state index is 10.5. The number of hydrogen-bond donors (Lipinski definition) is 2. The van der Waals surface area contributed by atoms with Crippen molar-refractivity contribution in [3.63, 3.8) is 0 Å². The molecule has 4 N–H and O–H groups in total. The van der Waals surface area contributed by atoms with Gasteiger partial charge in [0, 0.05) is 6.92 Å². The SMILES string of the molecule is CC(=O)/C(C)=N/N=C(N)N. The van der Waals surface area contributed by atoms with Gasteiger partial charge >= 0.3 is 0 Å². The van der Waals surface area contributed by atoms with E-state index in [2.05, 4.69) is 10.2 Å². The fourth-order valence-electron chi connectivity index (χ4n) is 0.203. The molecule has 0 spiro atoms. The Morgan fingerprint density at radius 3 is 2.00 bits per heavy atom. The van der Waals surface area contributed by atoms with Gasteiger partial charge in [0.05, 0.1) is 0 Å². The average Bonchev–Trinajstić information content (AvgIpc) is 1.82. The molecule has 0 unspecified atom stereocenters. The van der Waals surface area contributed by atoms with Crippen molar-refractivity contribution in [3.05, 3.63) is 0 Å². The minimum absolute atomic E-state index is 0.148. The zero-order valence-corrected chi connectivity index (χ0v) is 5.96. The molecule has 5 heteroatoms. The Hall–Kier alpha value is -1.39. The molecular formula is C5H10N4O. The minimum Gasteiger partial charge on any atom is -0.369 e. The highest BCUT2D eigenvalue weighted by molar-refractivity contribution is 6.37. The van der Waals surface area contributed by atoms with Crippen LogP contribution < -0.4 is 11.5 Å². The van der Waals surface area contributed by atoms with Crippen molar-refractivity contribution in [2.24, 2.45) is 21.7 Å². The van der Waals surface area contributed by atoms with E-state index < -0.39 is 0 Å². The Bertz CT molecular complexity index is 190. The number of Topliss-reactive ketones (excluding diaryl/α,β-unsaturated/α-hetero) is 1. The van der Waals surface area contributed by atoms with Gasteiger partial charge in [0.25, 0.3) is 0 Å². The van der Waals surface area contributed by atoms with Gasteiger partial charge in [-0.1, -0.05) is 0 Å². The largest absolute Gasteiger partial charge is 0.369 e. The van der Waals surface area contributed by atoms with Crippen molar-refractivity contribution in [2.75, 3.05) is 0 Å². The third-order valence-electron chi connectivity index (χ3n) is 0.825. The van der Waals surface area contributed by atoms with E-state index in [1.54, 1.807) is 0 Å². The molecule has 56 valence electrons. The van der Waals surface area contributed by atoms with E-state index in [0.29, 0.717) is 0 Å². The Morgan fingerprint density at radius 2 is 1.70 bits per heavy atom. The molecule has 0 rings (SSSR count). The lowest BCUT2D eigenvalue weighted by Gasteiger charge is -1.87. The smallest absolute Gasteiger partial charge is 0.211 e. The highest BCUT2D eigenvalue weighted by Gasteiger charge is 1.95. The molecule has 0 fully saturated rings. The first kappa shape index (κ1) is 8.61. The number of ketones is 1. The van der Waals surface area contributed by atoms with Gasteiger partial charge in [-0.25, -0.2) is 0 Å². The van der Waals surface area contributed by atoms with E-state index in [9.17, 15) is 4.79 Å². The summed E-state index contributed by atoms with van der Waals surface area (Å²) in [6.45, 7) is 2.93. The van der Waals surface area contributed by atoms with Crippen LogP contribution in [0.1, 0.15) is 13.8 Å². The van der Waals surface area contributed by atoms with Crippen LogP contribution in [0.2, 0.25) is 0 Å². The highest BCUT2D eigenvalue weighted by atomic mass is 16.1. The number of carbonyl (C=O) groups is 1. The molecule has 0 aliphatic heterocycles. The van der Waals surface area contributed by atoms with Crippen LogP contribution in [-0.4, -0.2) is 17.5 Å². The van der Waals surface area contributed by atoms with Crippen molar-refractivity contribution in [1.82, 2.24) is 0 Å². The summed E-state index contributed by atoms with van der Waals surface area (Å²) in [5.41, 5.74) is 10.2. The van der Waals surface area contributed by atoms with Crippen LogP contribution in [0.3, 0.4) is 0 Å². The minimum atomic E-state index is -0.152. The van der Waals surface area contributed by atoms with E-state index >= 15 is 0 Å². The summed E-state index contributed by atoms with van der Waals surface area (Å²) in [5, 5.41) is 6.71. The summed E-state index contributed by atoms with van der Waals surface area (Å²) >= 11 is 0. The quantitative estimate of drug-likeness (QED) is 0.301. The molecule has 0 aliphatic carbocycles. The molecule has 0 aromatic heterocycles. The number of carbonyl (C=O) groups excluding carboxylic acids is 1. The van der Waals surface area contributed by atoms with Crippen LogP contribution >= 0.6 is 0 Å². The second kappa shape index (κ2) is 3.60. The zero-order valence-electron chi connectivity index (χ0n) is 5.96. The Labute approximate surface area is 58.8 Å². The molecule has 0 saturated heterocycles. The molecule has 5 nitrogen and oxygen atoms in total. The van der Waals surface area contributed by atoms with Crippen molar-refractivity contribution in [1.29, 1.82) is 0 Å². The van der Waals surface area contributed by atoms with E-state index in [1.165, 1.54) is 13.8 Å². The molecule has 10 heavy (non-hydrogen) atoms. The summed E-state index contributed by atoms with van der Waals surface area (Å²) in [7, 11) is 0. The van der Waals surface area contributed by atoms with Crippen LogP contribution in [0.5, 0.6) is 0 Å². The fourth-order valence-corrected chi connectivity index (χ4v) is 0.203. The number of nitrogens with two attached hydrogens (primary N) is 2. The monoisotopic (exact) mass is 142 g/mol. The lowest BCUT2D eigenvalue weighted by atomic mass is 10.3. The molecular weight excluding hydrogens is 132 g/mol. The number of hydrogen-bond acceptors (Lipinski definition) is 3. The van der Waals surface area contributed by atoms with Crippen molar-refractivity contribution in [3.8, 4) is 0 Å². The van der Waals surface area contributed by atoms with E-state index in [-0.39, 0.29) is 17.5 Å². The van der Waals surface area contributed by atoms with Crippen molar-refractivity contribution >= 4 is 17.5 Å². The first-order valence-corrected chi connectivity index (χ1v) is 2.68. The standard InChI is InChI=1S/C5H10N4O/c1-3(4(2)10)8-9-5(6)7/h1-2H3,(H4,6,7,9)/b8-3+. The van der Waals surface area contributed by atoms with Crippen LogP contribution in [0.25, 0.3) is 0 Å². The van der Waals surface area contributed by atoms with E-state index in [1.807, 2.05) is 0 Å². The van der Waals surface area contributed by atoms with Gasteiger partial charge in [-0.05, 0) is 6.92 Å². The molecule has 0 saturated carbocycles. The van der Waals surface area contributed by atoms with Gasteiger partial charge in [-0.3, -0.25) is 4.79 Å².